The lowest BCUT2D eigenvalue weighted by atomic mass is 9.95. The molecule has 12 heavy (non-hydrogen) atoms. The minimum Gasteiger partial charge on any atom is -0.294 e. The Morgan fingerprint density at radius 3 is 2.92 bits per heavy atom. The molecule has 0 radical (unpaired) electrons. The van der Waals surface area contributed by atoms with Crippen molar-refractivity contribution in [1.29, 1.82) is 0 Å². The van der Waals surface area contributed by atoms with E-state index >= 15 is 0 Å². The predicted octanol–water partition coefficient (Wildman–Crippen LogP) is 2.83. The van der Waals surface area contributed by atoms with Crippen LogP contribution in [0.2, 0.25) is 0 Å². The fourth-order valence-electron chi connectivity index (χ4n) is 1.79. The van der Waals surface area contributed by atoms with Gasteiger partial charge >= 0.3 is 0 Å². The summed E-state index contributed by atoms with van der Waals surface area (Å²) in [5.41, 5.74) is 2.33. The zero-order valence-corrected chi connectivity index (χ0v) is 8.04. The molecule has 0 saturated carbocycles. The fraction of sp³-hybridized carbons (Fsp3) is 0.500. The molecule has 1 nitrogen and oxygen atoms in total. The smallest absolute Gasteiger partial charge is 0.160 e. The second-order valence-electron chi connectivity index (χ2n) is 3.31. The van der Waals surface area contributed by atoms with Crippen LogP contribution in [0.4, 0.5) is 0 Å². The van der Waals surface area contributed by atoms with E-state index in [1.54, 1.807) is 18.3 Å². The highest BCUT2D eigenvalue weighted by Crippen LogP contribution is 2.30. The minimum atomic E-state index is 0.231. The van der Waals surface area contributed by atoms with Crippen LogP contribution in [0, 0.1) is 0 Å². The molecule has 2 rings (SSSR count). The average molecular weight is 180 g/mol. The summed E-state index contributed by atoms with van der Waals surface area (Å²) in [6.45, 7) is 1.66. The first-order valence-corrected chi connectivity index (χ1v) is 5.27. The molecule has 1 aliphatic carbocycles. The largest absolute Gasteiger partial charge is 0.294 e. The highest BCUT2D eigenvalue weighted by molar-refractivity contribution is 7.10. The number of carbonyl (C=O) groups is 1. The number of ketones is 1. The number of thiophene rings is 1. The Kier molecular flexibility index (Phi) is 2.01. The lowest BCUT2D eigenvalue weighted by Crippen LogP contribution is -2.03. The number of aryl methyl sites for hydroxylation is 1. The number of Topliss-reactive ketones (excluding diaryl/α,β-unsaturated/α-hetero) is 1. The van der Waals surface area contributed by atoms with E-state index < -0.39 is 0 Å². The molecular formula is C10H12OS. The molecule has 0 aromatic carbocycles. The van der Waals surface area contributed by atoms with Crippen LogP contribution < -0.4 is 0 Å². The van der Waals surface area contributed by atoms with Crippen LogP contribution in [0.25, 0.3) is 0 Å². The molecule has 2 heteroatoms. The van der Waals surface area contributed by atoms with Crippen LogP contribution in [0.5, 0.6) is 0 Å². The molecule has 0 saturated heterocycles. The Hall–Kier alpha value is -0.630. The van der Waals surface area contributed by atoms with Crippen LogP contribution in [-0.4, -0.2) is 5.78 Å². The molecule has 0 spiro atoms. The molecule has 0 N–H and O–H groups in total. The molecule has 0 amide bonds. The number of rotatable bonds is 1. The van der Waals surface area contributed by atoms with Crippen molar-refractivity contribution in [2.24, 2.45) is 0 Å². The highest BCUT2D eigenvalue weighted by atomic mass is 32.1. The molecule has 1 heterocycles. The summed E-state index contributed by atoms with van der Waals surface area (Å²) in [5.74, 6) is 0.231. The summed E-state index contributed by atoms with van der Waals surface area (Å²) in [6, 6.07) is 0. The van der Waals surface area contributed by atoms with Gasteiger partial charge < -0.3 is 0 Å². The Labute approximate surface area is 76.4 Å². The Bertz CT molecular complexity index is 312. The van der Waals surface area contributed by atoms with E-state index in [1.165, 1.54) is 29.7 Å². The van der Waals surface area contributed by atoms with Gasteiger partial charge in [-0.2, -0.15) is 0 Å². The first-order valence-electron chi connectivity index (χ1n) is 4.39. The van der Waals surface area contributed by atoms with Crippen molar-refractivity contribution >= 4 is 17.1 Å². The average Bonchev–Trinajstić information content (AvgIpc) is 2.47. The first kappa shape index (κ1) is 7.99. The van der Waals surface area contributed by atoms with E-state index in [9.17, 15) is 4.79 Å². The molecule has 64 valence electrons. The van der Waals surface area contributed by atoms with E-state index in [2.05, 4.69) is 0 Å². The maximum Gasteiger partial charge on any atom is 0.160 e. The van der Waals surface area contributed by atoms with Crippen molar-refractivity contribution in [1.82, 2.24) is 0 Å². The van der Waals surface area contributed by atoms with E-state index in [0.29, 0.717) is 0 Å². The van der Waals surface area contributed by atoms with E-state index in [0.717, 1.165) is 12.0 Å². The van der Waals surface area contributed by atoms with Crippen LogP contribution in [-0.2, 0) is 12.8 Å². The van der Waals surface area contributed by atoms with Crippen LogP contribution in [0.1, 0.15) is 40.6 Å². The lowest BCUT2D eigenvalue weighted by molar-refractivity contribution is 0.101. The summed E-state index contributed by atoms with van der Waals surface area (Å²) in [5, 5.41) is 2.03. The summed E-state index contributed by atoms with van der Waals surface area (Å²) in [7, 11) is 0. The van der Waals surface area contributed by atoms with E-state index in [-0.39, 0.29) is 5.78 Å². The van der Waals surface area contributed by atoms with Crippen molar-refractivity contribution in [2.75, 3.05) is 0 Å². The monoisotopic (exact) mass is 180 g/mol. The first-order chi connectivity index (χ1) is 5.79. The van der Waals surface area contributed by atoms with Gasteiger partial charge in [-0.15, -0.1) is 11.3 Å². The zero-order chi connectivity index (χ0) is 8.55. The molecule has 0 bridgehead atoms. The third-order valence-electron chi connectivity index (χ3n) is 2.44. The van der Waals surface area contributed by atoms with Gasteiger partial charge in [0.05, 0.1) is 0 Å². The van der Waals surface area contributed by atoms with Gasteiger partial charge in [-0.05, 0) is 38.2 Å². The normalized spacial score (nSPS) is 15.8. The van der Waals surface area contributed by atoms with Gasteiger partial charge in [-0.25, -0.2) is 0 Å². The predicted molar refractivity (Wildman–Crippen MR) is 51.0 cm³/mol. The van der Waals surface area contributed by atoms with Gasteiger partial charge in [0, 0.05) is 15.8 Å². The maximum atomic E-state index is 11.2. The van der Waals surface area contributed by atoms with E-state index in [1.807, 2.05) is 5.38 Å². The number of carbonyl (C=O) groups excluding carboxylic acids is 1. The van der Waals surface area contributed by atoms with Gasteiger partial charge in [0.2, 0.25) is 0 Å². The third-order valence-corrected chi connectivity index (χ3v) is 3.53. The van der Waals surface area contributed by atoms with Crippen molar-refractivity contribution in [3.63, 3.8) is 0 Å². The van der Waals surface area contributed by atoms with Gasteiger partial charge in [-0.3, -0.25) is 4.79 Å². The van der Waals surface area contributed by atoms with Gasteiger partial charge in [0.25, 0.3) is 0 Å². The molecule has 1 aromatic rings. The van der Waals surface area contributed by atoms with Gasteiger partial charge in [-0.1, -0.05) is 0 Å². The van der Waals surface area contributed by atoms with Crippen LogP contribution >= 0.6 is 11.3 Å². The third kappa shape index (κ3) is 1.20. The van der Waals surface area contributed by atoms with Crippen molar-refractivity contribution in [2.45, 2.75) is 32.6 Å². The SMILES string of the molecule is CC(=O)c1csc2c1CCCC2. The Balaban J connectivity index is 2.44. The lowest BCUT2D eigenvalue weighted by Gasteiger charge is -2.11. The Morgan fingerprint density at radius 2 is 2.17 bits per heavy atom. The van der Waals surface area contributed by atoms with Crippen molar-refractivity contribution < 1.29 is 4.79 Å². The topological polar surface area (TPSA) is 17.1 Å². The fourth-order valence-corrected chi connectivity index (χ4v) is 2.97. The van der Waals surface area contributed by atoms with Gasteiger partial charge in [0.15, 0.2) is 5.78 Å². The molecular weight excluding hydrogens is 168 g/mol. The zero-order valence-electron chi connectivity index (χ0n) is 7.22. The number of hydrogen-bond acceptors (Lipinski definition) is 2. The number of hydrogen-bond donors (Lipinski definition) is 0. The second-order valence-corrected chi connectivity index (χ2v) is 4.28. The standard InChI is InChI=1S/C10H12OS/c1-7(11)9-6-12-10-5-3-2-4-8(9)10/h6H,2-5H2,1H3. The second kappa shape index (κ2) is 3.02. The van der Waals surface area contributed by atoms with E-state index in [4.69, 9.17) is 0 Å². The summed E-state index contributed by atoms with van der Waals surface area (Å²) < 4.78 is 0. The highest BCUT2D eigenvalue weighted by Gasteiger charge is 2.17. The summed E-state index contributed by atoms with van der Waals surface area (Å²) in [4.78, 5) is 12.6. The Morgan fingerprint density at radius 1 is 1.42 bits per heavy atom. The number of fused-ring (bicyclic) bond motifs is 1. The summed E-state index contributed by atoms with van der Waals surface area (Å²) in [6.07, 6.45) is 4.86. The summed E-state index contributed by atoms with van der Waals surface area (Å²) >= 11 is 1.76. The molecule has 0 atom stereocenters. The quantitative estimate of drug-likeness (QED) is 0.607. The van der Waals surface area contributed by atoms with Crippen molar-refractivity contribution in [3.05, 3.63) is 21.4 Å². The molecule has 1 aromatic heterocycles. The molecule has 0 aliphatic heterocycles. The van der Waals surface area contributed by atoms with Crippen molar-refractivity contribution in [3.8, 4) is 0 Å². The molecule has 0 fully saturated rings. The molecule has 1 aliphatic rings. The van der Waals surface area contributed by atoms with Crippen LogP contribution in [0.3, 0.4) is 0 Å². The van der Waals surface area contributed by atoms with Gasteiger partial charge in [0.1, 0.15) is 0 Å². The maximum absolute atomic E-state index is 11.2. The van der Waals surface area contributed by atoms with Crippen LogP contribution in [0.15, 0.2) is 5.38 Å². The molecule has 0 unspecified atom stereocenters. The minimum absolute atomic E-state index is 0.231.